The lowest BCUT2D eigenvalue weighted by Gasteiger charge is -2.04. The van der Waals surface area contributed by atoms with Gasteiger partial charge < -0.3 is 4.74 Å². The van der Waals surface area contributed by atoms with Gasteiger partial charge in [-0.1, -0.05) is 12.1 Å². The van der Waals surface area contributed by atoms with Crippen molar-refractivity contribution in [3.8, 4) is 5.75 Å². The Morgan fingerprint density at radius 3 is 3.11 bits per heavy atom. The van der Waals surface area contributed by atoms with E-state index in [4.69, 9.17) is 10.6 Å². The second-order valence-corrected chi connectivity index (χ2v) is 4.45. The van der Waals surface area contributed by atoms with Gasteiger partial charge in [-0.2, -0.15) is 0 Å². The number of hydrazine groups is 1. The lowest BCUT2D eigenvalue weighted by atomic mass is 10.2. The van der Waals surface area contributed by atoms with Crippen LogP contribution in [0.1, 0.15) is 25.9 Å². The van der Waals surface area contributed by atoms with Gasteiger partial charge in [-0.3, -0.25) is 15.0 Å². The number of amides is 1. The van der Waals surface area contributed by atoms with Gasteiger partial charge in [0.25, 0.3) is 5.91 Å². The molecule has 0 unspecified atom stereocenters. The lowest BCUT2D eigenvalue weighted by Crippen LogP contribution is -2.29. The first-order valence-corrected chi connectivity index (χ1v) is 6.24. The van der Waals surface area contributed by atoms with Crippen LogP contribution in [0.2, 0.25) is 0 Å². The standard InChI is InChI=1S/C12H11N3O3S/c13-15-11(17)12-14-9(7-19-12)6-18-10-3-1-2-8(4-10)5-16/h1-5,7H,6,13H2,(H,15,17). The van der Waals surface area contributed by atoms with Gasteiger partial charge in [0.15, 0.2) is 5.01 Å². The Labute approximate surface area is 113 Å². The van der Waals surface area contributed by atoms with Crippen LogP contribution in [0.25, 0.3) is 0 Å². The van der Waals surface area contributed by atoms with Gasteiger partial charge in [-0.15, -0.1) is 11.3 Å². The number of nitrogens with zero attached hydrogens (tertiary/aromatic N) is 1. The van der Waals surface area contributed by atoms with Crippen molar-refractivity contribution >= 4 is 23.5 Å². The first kappa shape index (κ1) is 13.2. The molecule has 3 N–H and O–H groups in total. The maximum absolute atomic E-state index is 11.2. The Balaban J connectivity index is 2.00. The van der Waals surface area contributed by atoms with Crippen molar-refractivity contribution in [2.45, 2.75) is 6.61 Å². The highest BCUT2D eigenvalue weighted by Gasteiger charge is 2.09. The number of nitrogens with one attached hydrogen (secondary N) is 1. The molecule has 0 bridgehead atoms. The zero-order valence-electron chi connectivity index (χ0n) is 9.83. The molecule has 0 aliphatic carbocycles. The molecule has 0 aliphatic heterocycles. The second-order valence-electron chi connectivity index (χ2n) is 3.60. The number of rotatable bonds is 5. The van der Waals surface area contributed by atoms with E-state index >= 15 is 0 Å². The van der Waals surface area contributed by atoms with Gasteiger partial charge in [-0.25, -0.2) is 10.8 Å². The van der Waals surface area contributed by atoms with Crippen molar-refractivity contribution in [1.29, 1.82) is 0 Å². The predicted octanol–water partition coefficient (Wildman–Crippen LogP) is 1.14. The molecule has 0 radical (unpaired) electrons. The fraction of sp³-hybridized carbons (Fsp3) is 0.0833. The number of nitrogen functional groups attached to an aromatic ring is 1. The molecule has 98 valence electrons. The number of thiazole rings is 1. The SMILES string of the molecule is NNC(=O)c1nc(COc2cccc(C=O)c2)cs1. The number of benzene rings is 1. The summed E-state index contributed by atoms with van der Waals surface area (Å²) in [6.07, 6.45) is 0.749. The monoisotopic (exact) mass is 277 g/mol. The largest absolute Gasteiger partial charge is 0.487 e. The maximum atomic E-state index is 11.2. The van der Waals surface area contributed by atoms with Crippen LogP contribution >= 0.6 is 11.3 Å². The van der Waals surface area contributed by atoms with E-state index in [1.807, 2.05) is 5.43 Å². The van der Waals surface area contributed by atoms with Crippen LogP contribution in [-0.2, 0) is 6.61 Å². The third kappa shape index (κ3) is 3.36. The summed E-state index contributed by atoms with van der Waals surface area (Å²) in [5.41, 5.74) is 3.18. The molecule has 2 rings (SSSR count). The Morgan fingerprint density at radius 1 is 1.53 bits per heavy atom. The van der Waals surface area contributed by atoms with Crippen molar-refractivity contribution in [3.63, 3.8) is 0 Å². The van der Waals surface area contributed by atoms with Crippen LogP contribution in [0, 0.1) is 0 Å². The van der Waals surface area contributed by atoms with Gasteiger partial charge in [-0.05, 0) is 12.1 Å². The van der Waals surface area contributed by atoms with E-state index < -0.39 is 5.91 Å². The Bertz CT molecular complexity index is 597. The zero-order chi connectivity index (χ0) is 13.7. The summed E-state index contributed by atoms with van der Waals surface area (Å²) in [6.45, 7) is 0.219. The molecule has 1 aromatic carbocycles. The highest BCUT2D eigenvalue weighted by Crippen LogP contribution is 2.15. The number of hydrogen-bond donors (Lipinski definition) is 2. The van der Waals surface area contributed by atoms with Crippen molar-refractivity contribution in [2.24, 2.45) is 5.84 Å². The minimum Gasteiger partial charge on any atom is -0.487 e. The van der Waals surface area contributed by atoms with Crippen molar-refractivity contribution in [1.82, 2.24) is 10.4 Å². The Hall–Kier alpha value is -2.25. The van der Waals surface area contributed by atoms with Gasteiger partial charge in [0, 0.05) is 10.9 Å². The van der Waals surface area contributed by atoms with Crippen LogP contribution < -0.4 is 16.0 Å². The molecule has 2 aromatic rings. The van der Waals surface area contributed by atoms with E-state index in [-0.39, 0.29) is 11.6 Å². The molecule has 6 nitrogen and oxygen atoms in total. The predicted molar refractivity (Wildman–Crippen MR) is 69.9 cm³/mol. The molecular weight excluding hydrogens is 266 g/mol. The van der Waals surface area contributed by atoms with Crippen LogP contribution in [-0.4, -0.2) is 17.2 Å². The first-order valence-electron chi connectivity index (χ1n) is 5.36. The van der Waals surface area contributed by atoms with Gasteiger partial charge in [0.1, 0.15) is 18.6 Å². The molecule has 1 heterocycles. The summed E-state index contributed by atoms with van der Waals surface area (Å²) < 4.78 is 5.48. The summed E-state index contributed by atoms with van der Waals surface area (Å²) in [7, 11) is 0. The number of ether oxygens (including phenoxy) is 1. The third-order valence-electron chi connectivity index (χ3n) is 2.26. The van der Waals surface area contributed by atoms with Gasteiger partial charge in [0.2, 0.25) is 0 Å². The molecule has 1 aromatic heterocycles. The summed E-state index contributed by atoms with van der Waals surface area (Å²) in [4.78, 5) is 25.9. The second kappa shape index (κ2) is 6.07. The number of aldehydes is 1. The molecule has 0 saturated carbocycles. The van der Waals surface area contributed by atoms with Crippen molar-refractivity contribution < 1.29 is 14.3 Å². The molecule has 0 atom stereocenters. The highest BCUT2D eigenvalue weighted by molar-refractivity contribution is 7.11. The summed E-state index contributed by atoms with van der Waals surface area (Å²) in [6, 6.07) is 6.79. The van der Waals surface area contributed by atoms with E-state index in [9.17, 15) is 9.59 Å². The average Bonchev–Trinajstić information content (AvgIpc) is 2.93. The molecule has 19 heavy (non-hydrogen) atoms. The van der Waals surface area contributed by atoms with E-state index in [0.29, 0.717) is 17.0 Å². The summed E-state index contributed by atoms with van der Waals surface area (Å²) >= 11 is 1.19. The fourth-order valence-corrected chi connectivity index (χ4v) is 2.08. The molecule has 7 heteroatoms. The van der Waals surface area contributed by atoms with Crippen LogP contribution in [0.5, 0.6) is 5.75 Å². The molecule has 0 fully saturated rings. The van der Waals surface area contributed by atoms with E-state index in [1.54, 1.807) is 29.6 Å². The van der Waals surface area contributed by atoms with Crippen LogP contribution in [0.4, 0.5) is 0 Å². The molecule has 0 saturated heterocycles. The maximum Gasteiger partial charge on any atom is 0.294 e. The van der Waals surface area contributed by atoms with E-state index in [1.165, 1.54) is 11.3 Å². The van der Waals surface area contributed by atoms with Crippen molar-refractivity contribution in [3.05, 3.63) is 45.9 Å². The number of carbonyl (C=O) groups excluding carboxylic acids is 2. The quantitative estimate of drug-likeness (QED) is 0.370. The number of carbonyl (C=O) groups is 2. The zero-order valence-corrected chi connectivity index (χ0v) is 10.6. The van der Waals surface area contributed by atoms with Crippen LogP contribution in [0.15, 0.2) is 29.6 Å². The van der Waals surface area contributed by atoms with Gasteiger partial charge >= 0.3 is 0 Å². The Morgan fingerprint density at radius 2 is 2.37 bits per heavy atom. The smallest absolute Gasteiger partial charge is 0.294 e. The lowest BCUT2D eigenvalue weighted by molar-refractivity contribution is 0.0952. The third-order valence-corrected chi connectivity index (χ3v) is 3.15. The van der Waals surface area contributed by atoms with Gasteiger partial charge in [0.05, 0.1) is 5.69 Å². The Kier molecular flexibility index (Phi) is 4.22. The minimum atomic E-state index is -0.431. The number of nitrogens with two attached hydrogens (primary N) is 1. The molecule has 1 amide bonds. The summed E-state index contributed by atoms with van der Waals surface area (Å²) in [5, 5.41) is 2.00. The fourth-order valence-electron chi connectivity index (χ4n) is 1.37. The average molecular weight is 277 g/mol. The molecular formula is C12H11N3O3S. The first-order chi connectivity index (χ1) is 9.22. The van der Waals surface area contributed by atoms with E-state index in [0.717, 1.165) is 6.29 Å². The number of aromatic nitrogens is 1. The van der Waals surface area contributed by atoms with Crippen molar-refractivity contribution in [2.75, 3.05) is 0 Å². The summed E-state index contributed by atoms with van der Waals surface area (Å²) in [5.74, 6) is 5.15. The molecule has 0 spiro atoms. The van der Waals surface area contributed by atoms with Crippen LogP contribution in [0.3, 0.4) is 0 Å². The minimum absolute atomic E-state index is 0.219. The highest BCUT2D eigenvalue weighted by atomic mass is 32.1. The normalized spacial score (nSPS) is 9.95. The van der Waals surface area contributed by atoms with E-state index in [2.05, 4.69) is 4.98 Å². The topological polar surface area (TPSA) is 94.3 Å². The number of hydrogen-bond acceptors (Lipinski definition) is 6. The molecule has 0 aliphatic rings.